The molecule has 1 aliphatic heterocycles. The topological polar surface area (TPSA) is 0 Å². The van der Waals surface area contributed by atoms with Crippen LogP contribution in [0.1, 0.15) is 108 Å². The maximum Gasteiger partial charge on any atom is -1.00 e. The predicted octanol–water partition coefficient (Wildman–Crippen LogP) is 3.97. The first-order valence-electron chi connectivity index (χ1n) is 15.0. The molecule has 4 fully saturated rings. The average molecular weight is 567 g/mol. The van der Waals surface area contributed by atoms with E-state index in [1.54, 1.807) is 35.1 Å². The molecule has 0 N–H and O–H groups in total. The van der Waals surface area contributed by atoms with E-state index < -0.39 is 16.6 Å². The van der Waals surface area contributed by atoms with Gasteiger partial charge in [0.25, 0.3) is 0 Å². The summed E-state index contributed by atoms with van der Waals surface area (Å²) in [5, 5.41) is 0. The number of fused-ring (bicyclic) bond motifs is 3. The van der Waals surface area contributed by atoms with Crippen LogP contribution in [0.3, 0.4) is 0 Å². The van der Waals surface area contributed by atoms with Gasteiger partial charge in [-0.25, -0.2) is 0 Å². The number of hydrogen-bond acceptors (Lipinski definition) is 0. The summed E-state index contributed by atoms with van der Waals surface area (Å²) in [6, 6.07) is 19.4. The number of halogens is 2. The summed E-state index contributed by atoms with van der Waals surface area (Å²) in [6.45, 7) is 0. The molecule has 2 aromatic rings. The van der Waals surface area contributed by atoms with E-state index in [0.29, 0.717) is 0 Å². The molecule has 1 saturated heterocycles. The van der Waals surface area contributed by atoms with Crippen molar-refractivity contribution in [2.24, 2.45) is 11.8 Å². The summed E-state index contributed by atoms with van der Waals surface area (Å²) in [7, 11) is 0. The van der Waals surface area contributed by atoms with Gasteiger partial charge in [0.15, 0.2) is 0 Å². The van der Waals surface area contributed by atoms with Crippen molar-refractivity contribution < 1.29 is 41.4 Å². The van der Waals surface area contributed by atoms with Gasteiger partial charge in [0.2, 0.25) is 0 Å². The first-order valence-corrected chi connectivity index (χ1v) is 18.6. The summed E-state index contributed by atoms with van der Waals surface area (Å²) in [5.41, 5.74) is 10.6. The fourth-order valence-corrected chi connectivity index (χ4v) is 24.6. The minimum absolute atomic E-state index is 0. The van der Waals surface area contributed by atoms with Gasteiger partial charge in [-0.15, -0.1) is 0 Å². The molecule has 5 aliphatic carbocycles. The number of rotatable bonds is 4. The monoisotopic (exact) mass is 566 g/mol. The molecular weight excluding hydrogens is 527 g/mol. The quantitative estimate of drug-likeness (QED) is 0.491. The smallest absolute Gasteiger partial charge is 1.00 e. The number of hydrogen-bond donors (Lipinski definition) is 0. The molecule has 0 bridgehead atoms. The molecular formula is C34H40Cl2Ti. The van der Waals surface area contributed by atoms with Crippen molar-refractivity contribution in [3.8, 4) is 0 Å². The van der Waals surface area contributed by atoms with Crippen molar-refractivity contribution in [3.63, 3.8) is 0 Å². The van der Waals surface area contributed by atoms with Crippen molar-refractivity contribution in [3.05, 3.63) is 81.9 Å². The number of benzene rings is 2. The Hall–Kier alpha value is -0.786. The van der Waals surface area contributed by atoms with Crippen LogP contribution >= 0.6 is 0 Å². The Morgan fingerprint density at radius 1 is 0.486 bits per heavy atom. The Morgan fingerprint density at radius 2 is 0.865 bits per heavy atom. The summed E-state index contributed by atoms with van der Waals surface area (Å²) < 4.78 is 3.88. The van der Waals surface area contributed by atoms with E-state index in [1.165, 1.54) is 64.2 Å². The van der Waals surface area contributed by atoms with Gasteiger partial charge >= 0.3 is 216 Å². The molecule has 194 valence electrons. The van der Waals surface area contributed by atoms with Crippen LogP contribution in [-0.2, 0) is 16.6 Å². The second kappa shape index (κ2) is 10.3. The Balaban J connectivity index is 0.00000126. The standard InChI is InChI=1S/2C14H15.C6H10.2ClH.Ti/c2*1-2-6-11(5-1)14-9-12-7-3-4-8-13(12)10-14;1-2-4-6-5-3-1;;;/h2*3-4,7-11H,1-2,5-6H2;1-2H,3-6H2;2*1H;/q;;;;;+2/p-2. The van der Waals surface area contributed by atoms with Crippen LogP contribution in [0.25, 0.3) is 12.2 Å². The Labute approximate surface area is 240 Å². The van der Waals surface area contributed by atoms with E-state index in [9.17, 15) is 0 Å². The Kier molecular flexibility index (Phi) is 7.37. The average Bonchev–Trinajstić information content (AvgIpc) is 3.55. The number of allylic oxidation sites excluding steroid dienone is 2. The maximum absolute atomic E-state index is 2.74. The van der Waals surface area contributed by atoms with E-state index in [4.69, 9.17) is 0 Å². The van der Waals surface area contributed by atoms with Crippen molar-refractivity contribution in [1.82, 2.24) is 0 Å². The zero-order chi connectivity index (χ0) is 23.0. The van der Waals surface area contributed by atoms with Gasteiger partial charge in [-0.2, -0.15) is 0 Å². The molecule has 8 rings (SSSR count). The molecule has 0 radical (unpaired) electrons. The van der Waals surface area contributed by atoms with Crippen LogP contribution in [0.5, 0.6) is 0 Å². The molecule has 6 aliphatic rings. The molecule has 4 unspecified atom stereocenters. The Morgan fingerprint density at radius 3 is 1.30 bits per heavy atom. The third kappa shape index (κ3) is 3.87. The molecule has 2 aromatic carbocycles. The summed E-state index contributed by atoms with van der Waals surface area (Å²) in [5.74, 6) is 1.74. The largest absolute Gasteiger partial charge is 1.00 e. The zero-order valence-corrected chi connectivity index (χ0v) is 25.1. The zero-order valence-electron chi connectivity index (χ0n) is 22.0. The molecule has 0 aromatic heterocycles. The summed E-state index contributed by atoms with van der Waals surface area (Å²) in [6.07, 6.45) is 23.2. The second-order valence-electron chi connectivity index (χ2n) is 12.9. The first-order chi connectivity index (χ1) is 17.4. The summed E-state index contributed by atoms with van der Waals surface area (Å²) >= 11 is -2.42. The molecule has 37 heavy (non-hydrogen) atoms. The van der Waals surface area contributed by atoms with Crippen molar-refractivity contribution >= 4 is 12.2 Å². The van der Waals surface area contributed by atoms with Crippen molar-refractivity contribution in [1.29, 1.82) is 0 Å². The second-order valence-corrected chi connectivity index (χ2v) is 20.1. The Bertz CT molecular complexity index is 1120. The fourth-order valence-electron chi connectivity index (χ4n) is 10.3. The normalized spacial score (nSPS) is 32.3. The molecule has 4 atom stereocenters. The van der Waals surface area contributed by atoms with Gasteiger partial charge in [-0.05, 0) is 0 Å². The van der Waals surface area contributed by atoms with Crippen LogP contribution < -0.4 is 24.8 Å². The molecule has 3 saturated carbocycles. The van der Waals surface area contributed by atoms with Gasteiger partial charge < -0.3 is 24.8 Å². The van der Waals surface area contributed by atoms with E-state index in [2.05, 4.69) is 60.7 Å². The predicted molar refractivity (Wildman–Crippen MR) is 144 cm³/mol. The van der Waals surface area contributed by atoms with Gasteiger partial charge in [0, 0.05) is 0 Å². The van der Waals surface area contributed by atoms with Crippen LogP contribution in [-0.4, -0.2) is 0 Å². The molecule has 0 amide bonds. The molecule has 1 heterocycles. The van der Waals surface area contributed by atoms with Gasteiger partial charge in [0.1, 0.15) is 0 Å². The molecule has 3 heteroatoms. The third-order valence-electron chi connectivity index (χ3n) is 11.5. The van der Waals surface area contributed by atoms with Gasteiger partial charge in [0.05, 0.1) is 0 Å². The van der Waals surface area contributed by atoms with E-state index in [1.807, 2.05) is 11.1 Å². The van der Waals surface area contributed by atoms with Crippen LogP contribution in [0.2, 0.25) is 8.45 Å². The maximum atomic E-state index is 2.74. The van der Waals surface area contributed by atoms with E-state index in [0.717, 1.165) is 28.7 Å². The van der Waals surface area contributed by atoms with Gasteiger partial charge in [-0.1, -0.05) is 0 Å². The molecule has 0 spiro atoms. The van der Waals surface area contributed by atoms with Crippen LogP contribution in [0.15, 0.2) is 59.7 Å². The van der Waals surface area contributed by atoms with E-state index in [-0.39, 0.29) is 24.8 Å². The van der Waals surface area contributed by atoms with E-state index >= 15 is 0 Å². The minimum atomic E-state index is -2.42. The first kappa shape index (κ1) is 26.4. The SMILES string of the molecule is C1=C(C2CCCC2)[CH]([Ti+2]2([CH]3C(C4CCCC4)=Cc4ccccc43)[CH]3CCCC[CH]32)c2ccccc21.[Cl-].[Cl-]. The fraction of sp³-hybridized carbons (Fsp3) is 0.529. The minimum Gasteiger partial charge on any atom is -1.00 e. The van der Waals surface area contributed by atoms with Crippen molar-refractivity contribution in [2.45, 2.75) is 93.9 Å². The van der Waals surface area contributed by atoms with Crippen LogP contribution in [0, 0.1) is 11.8 Å². The van der Waals surface area contributed by atoms with Crippen molar-refractivity contribution in [2.75, 3.05) is 0 Å². The van der Waals surface area contributed by atoms with Gasteiger partial charge in [-0.3, -0.25) is 0 Å². The molecule has 0 nitrogen and oxygen atoms in total. The third-order valence-corrected chi connectivity index (χ3v) is 22.2. The van der Waals surface area contributed by atoms with Crippen LogP contribution in [0.4, 0.5) is 0 Å². The summed E-state index contributed by atoms with van der Waals surface area (Å²) in [4.78, 5) is 0.